The molecule has 158 valence electrons. The van der Waals surface area contributed by atoms with E-state index in [0.29, 0.717) is 5.92 Å². The van der Waals surface area contributed by atoms with Gasteiger partial charge in [0, 0.05) is 6.54 Å². The first-order chi connectivity index (χ1) is 12.7. The minimum Gasteiger partial charge on any atom is -0.388 e. The molecule has 2 heterocycles. The van der Waals surface area contributed by atoms with Gasteiger partial charge in [-0.1, -0.05) is 13.3 Å². The SMILES string of the molecule is CCCC1C[C@@H](C(=O)NC(C(C)Cl)C2OC(SC)C(O)C(O)C2O)N(C)C1. The molecular formula is C18H33ClN2O5S. The summed E-state index contributed by atoms with van der Waals surface area (Å²) in [6, 6.07) is -0.934. The van der Waals surface area contributed by atoms with Gasteiger partial charge in [-0.2, -0.15) is 0 Å². The Kier molecular flexibility index (Phi) is 8.67. The lowest BCUT2D eigenvalue weighted by molar-refractivity contribution is -0.205. The monoisotopic (exact) mass is 424 g/mol. The van der Waals surface area contributed by atoms with Gasteiger partial charge in [-0.25, -0.2) is 0 Å². The van der Waals surface area contributed by atoms with Crippen molar-refractivity contribution in [2.75, 3.05) is 19.8 Å². The summed E-state index contributed by atoms with van der Waals surface area (Å²) >= 11 is 7.55. The lowest BCUT2D eigenvalue weighted by Crippen LogP contribution is -2.65. The van der Waals surface area contributed by atoms with Gasteiger partial charge in [0.2, 0.25) is 5.91 Å². The van der Waals surface area contributed by atoms with Crippen molar-refractivity contribution in [2.24, 2.45) is 5.92 Å². The average molecular weight is 425 g/mol. The first kappa shape index (κ1) is 23.2. The van der Waals surface area contributed by atoms with Crippen LogP contribution in [-0.4, -0.2) is 93.3 Å². The number of hydrogen-bond acceptors (Lipinski definition) is 7. The number of likely N-dealkylation sites (tertiary alicyclic amines) is 1. The Morgan fingerprint density at radius 3 is 2.56 bits per heavy atom. The van der Waals surface area contributed by atoms with Crippen LogP contribution in [0.15, 0.2) is 0 Å². The van der Waals surface area contributed by atoms with Crippen molar-refractivity contribution >= 4 is 29.3 Å². The number of halogens is 1. The minimum atomic E-state index is -1.36. The molecule has 0 bridgehead atoms. The molecule has 4 N–H and O–H groups in total. The van der Waals surface area contributed by atoms with Crippen molar-refractivity contribution in [3.63, 3.8) is 0 Å². The third-order valence-corrected chi connectivity index (χ3v) is 6.76. The molecule has 2 rings (SSSR count). The van der Waals surface area contributed by atoms with E-state index >= 15 is 0 Å². The molecule has 8 unspecified atom stereocenters. The lowest BCUT2D eigenvalue weighted by Gasteiger charge is -2.44. The van der Waals surface area contributed by atoms with E-state index in [2.05, 4.69) is 12.2 Å². The zero-order valence-electron chi connectivity index (χ0n) is 16.4. The van der Waals surface area contributed by atoms with Crippen molar-refractivity contribution in [3.8, 4) is 0 Å². The predicted octanol–water partition coefficient (Wildman–Crippen LogP) is 0.390. The number of alkyl halides is 1. The van der Waals surface area contributed by atoms with Crippen LogP contribution in [0.3, 0.4) is 0 Å². The second kappa shape index (κ2) is 10.1. The fourth-order valence-electron chi connectivity index (χ4n) is 4.11. The van der Waals surface area contributed by atoms with E-state index in [4.69, 9.17) is 16.3 Å². The van der Waals surface area contributed by atoms with Crippen LogP contribution in [0.2, 0.25) is 0 Å². The van der Waals surface area contributed by atoms with Crippen molar-refractivity contribution in [3.05, 3.63) is 0 Å². The second-order valence-electron chi connectivity index (χ2n) is 7.73. The van der Waals surface area contributed by atoms with E-state index in [-0.39, 0.29) is 11.9 Å². The number of aliphatic hydroxyl groups is 3. The van der Waals surface area contributed by atoms with Gasteiger partial charge in [-0.15, -0.1) is 23.4 Å². The second-order valence-corrected chi connectivity index (χ2v) is 9.36. The summed E-state index contributed by atoms with van der Waals surface area (Å²) < 4.78 is 5.79. The number of nitrogens with one attached hydrogen (secondary N) is 1. The Morgan fingerprint density at radius 1 is 1.33 bits per heavy atom. The first-order valence-electron chi connectivity index (χ1n) is 9.58. The molecule has 27 heavy (non-hydrogen) atoms. The molecule has 0 aromatic carbocycles. The van der Waals surface area contributed by atoms with Crippen LogP contribution in [-0.2, 0) is 9.53 Å². The summed E-state index contributed by atoms with van der Waals surface area (Å²) in [6.45, 7) is 4.74. The average Bonchev–Trinajstić information content (AvgIpc) is 2.99. The number of amides is 1. The maximum Gasteiger partial charge on any atom is 0.237 e. The summed E-state index contributed by atoms with van der Waals surface area (Å²) in [5, 5.41) is 33.0. The van der Waals surface area contributed by atoms with Crippen molar-refractivity contribution in [1.29, 1.82) is 0 Å². The fraction of sp³-hybridized carbons (Fsp3) is 0.944. The van der Waals surface area contributed by atoms with Crippen LogP contribution < -0.4 is 5.32 Å². The molecule has 2 fully saturated rings. The minimum absolute atomic E-state index is 0.147. The maximum atomic E-state index is 12.9. The number of thioether (sulfide) groups is 1. The first-order valence-corrected chi connectivity index (χ1v) is 11.3. The van der Waals surface area contributed by atoms with Gasteiger partial charge in [0.05, 0.1) is 17.5 Å². The van der Waals surface area contributed by atoms with Gasteiger partial charge >= 0.3 is 0 Å². The van der Waals surface area contributed by atoms with Gasteiger partial charge in [0.25, 0.3) is 0 Å². The van der Waals surface area contributed by atoms with E-state index < -0.39 is 41.3 Å². The molecule has 7 nitrogen and oxygen atoms in total. The molecule has 9 atom stereocenters. The Bertz CT molecular complexity index is 498. The van der Waals surface area contributed by atoms with Gasteiger partial charge in [0.1, 0.15) is 29.9 Å². The topological polar surface area (TPSA) is 102 Å². The number of rotatable bonds is 7. The number of nitrogens with zero attached hydrogens (tertiary/aromatic N) is 1. The van der Waals surface area contributed by atoms with E-state index in [1.807, 2.05) is 11.9 Å². The lowest BCUT2D eigenvalue weighted by atomic mass is 9.92. The summed E-state index contributed by atoms with van der Waals surface area (Å²) in [5.74, 6) is 0.350. The highest BCUT2D eigenvalue weighted by Gasteiger charge is 2.48. The van der Waals surface area contributed by atoms with Gasteiger partial charge < -0.3 is 25.4 Å². The Balaban J connectivity index is 2.09. The fourth-order valence-corrected chi connectivity index (χ4v) is 5.00. The van der Waals surface area contributed by atoms with Crippen molar-refractivity contribution in [1.82, 2.24) is 10.2 Å². The molecule has 2 saturated heterocycles. The number of aliphatic hydroxyl groups excluding tert-OH is 3. The number of carbonyl (C=O) groups excluding carboxylic acids is 1. The molecule has 2 aliphatic rings. The molecule has 0 aliphatic carbocycles. The Morgan fingerprint density at radius 2 is 2.00 bits per heavy atom. The number of ether oxygens (including phenoxy) is 1. The van der Waals surface area contributed by atoms with Crippen LogP contribution >= 0.6 is 23.4 Å². The Hall–Kier alpha value is -0.0900. The highest BCUT2D eigenvalue weighted by Crippen LogP contribution is 2.31. The molecule has 9 heteroatoms. The van der Waals surface area contributed by atoms with Crippen LogP contribution in [0, 0.1) is 5.92 Å². The molecule has 2 aliphatic heterocycles. The highest BCUT2D eigenvalue weighted by molar-refractivity contribution is 7.99. The summed E-state index contributed by atoms with van der Waals surface area (Å²) in [5.41, 5.74) is -0.702. The van der Waals surface area contributed by atoms with E-state index in [0.717, 1.165) is 25.8 Å². The van der Waals surface area contributed by atoms with Gasteiger partial charge in [0.15, 0.2) is 0 Å². The van der Waals surface area contributed by atoms with Crippen LogP contribution in [0.5, 0.6) is 0 Å². The smallest absolute Gasteiger partial charge is 0.237 e. The highest BCUT2D eigenvalue weighted by atomic mass is 35.5. The molecule has 0 saturated carbocycles. The van der Waals surface area contributed by atoms with Crippen molar-refractivity contribution < 1.29 is 24.9 Å². The molecule has 0 radical (unpaired) electrons. The zero-order valence-corrected chi connectivity index (χ0v) is 18.0. The summed E-state index contributed by atoms with van der Waals surface area (Å²) in [6.07, 6.45) is -0.0980. The van der Waals surface area contributed by atoms with Crippen LogP contribution in [0.1, 0.15) is 33.1 Å². The van der Waals surface area contributed by atoms with E-state index in [9.17, 15) is 20.1 Å². The van der Waals surface area contributed by atoms with Crippen LogP contribution in [0.25, 0.3) is 0 Å². The third-order valence-electron chi connectivity index (χ3n) is 5.63. The number of carbonyl (C=O) groups is 1. The molecule has 0 aromatic rings. The number of hydrogen-bond donors (Lipinski definition) is 4. The van der Waals surface area contributed by atoms with Crippen molar-refractivity contribution in [2.45, 2.75) is 80.4 Å². The third kappa shape index (κ3) is 5.29. The quantitative estimate of drug-likeness (QED) is 0.438. The normalized spacial score (nSPS) is 39.9. The molecule has 0 spiro atoms. The standard InChI is InChI=1S/C18H33ClN2O5S/c1-5-6-10-7-11(21(3)8-10)17(25)20-12(9(2)19)16-14(23)13(22)15(24)18(26-16)27-4/h9-16,18,22-24H,5-8H2,1-4H3,(H,20,25)/t9?,10?,11-,12?,13?,14?,15?,16?,18?/m0/s1. The molecule has 1 amide bonds. The van der Waals surface area contributed by atoms with Crippen LogP contribution in [0.4, 0.5) is 0 Å². The predicted molar refractivity (Wildman–Crippen MR) is 107 cm³/mol. The summed E-state index contributed by atoms with van der Waals surface area (Å²) in [7, 11) is 1.94. The van der Waals surface area contributed by atoms with E-state index in [1.54, 1.807) is 13.2 Å². The van der Waals surface area contributed by atoms with E-state index in [1.165, 1.54) is 11.8 Å². The largest absolute Gasteiger partial charge is 0.388 e. The molecular weight excluding hydrogens is 392 g/mol. The summed E-state index contributed by atoms with van der Waals surface area (Å²) in [4.78, 5) is 14.9. The zero-order chi connectivity index (χ0) is 20.3. The Labute approximate surface area is 170 Å². The van der Waals surface area contributed by atoms with Gasteiger partial charge in [-0.05, 0) is 39.0 Å². The maximum absolute atomic E-state index is 12.9. The number of likely N-dealkylation sites (N-methyl/N-ethyl adjacent to an activating group) is 1. The molecule has 0 aromatic heterocycles. The van der Waals surface area contributed by atoms with Gasteiger partial charge in [-0.3, -0.25) is 9.69 Å².